The van der Waals surface area contributed by atoms with Crippen molar-refractivity contribution in [2.24, 2.45) is 0 Å². The molecule has 0 aliphatic heterocycles. The molecule has 0 aromatic heterocycles. The Morgan fingerprint density at radius 1 is 0.579 bits per heavy atom. The molecule has 19 heavy (non-hydrogen) atoms. The molecule has 0 amide bonds. The van der Waals surface area contributed by atoms with E-state index in [1.807, 2.05) is 0 Å². The van der Waals surface area contributed by atoms with Gasteiger partial charge in [-0.05, 0) is 12.8 Å². The number of carbonyl (C=O) groups is 1. The quantitative estimate of drug-likeness (QED) is 0.381. The van der Waals surface area contributed by atoms with Crippen molar-refractivity contribution < 1.29 is 4.79 Å². The van der Waals surface area contributed by atoms with Crippen molar-refractivity contribution in [2.45, 2.75) is 104 Å². The van der Waals surface area contributed by atoms with Crippen LogP contribution in [0.3, 0.4) is 0 Å². The van der Waals surface area contributed by atoms with Gasteiger partial charge in [0.25, 0.3) is 0 Å². The number of hydrogen-bond donors (Lipinski definition) is 1. The molecule has 0 aliphatic rings. The van der Waals surface area contributed by atoms with Crippen LogP contribution < -0.4 is 6.15 Å². The van der Waals surface area contributed by atoms with E-state index < -0.39 is 0 Å². The van der Waals surface area contributed by atoms with E-state index in [0.717, 1.165) is 25.7 Å². The van der Waals surface area contributed by atoms with Gasteiger partial charge in [-0.15, -0.1) is 0 Å². The molecule has 0 rings (SSSR count). The van der Waals surface area contributed by atoms with Crippen molar-refractivity contribution in [1.29, 1.82) is 0 Å². The van der Waals surface area contributed by atoms with Crippen molar-refractivity contribution >= 4 is 5.78 Å². The Bertz CT molecular complexity index is 180. The third-order valence-electron chi connectivity index (χ3n) is 3.59. The average Bonchev–Trinajstić information content (AvgIpc) is 2.36. The second-order valence-corrected chi connectivity index (χ2v) is 5.57. The Morgan fingerprint density at radius 3 is 1.42 bits per heavy atom. The van der Waals surface area contributed by atoms with E-state index in [1.54, 1.807) is 0 Å². The lowest BCUT2D eigenvalue weighted by Crippen LogP contribution is -1.96. The monoisotopic (exact) mass is 271 g/mol. The number of rotatable bonds is 14. The highest BCUT2D eigenvalue weighted by Crippen LogP contribution is 2.12. The molecule has 2 nitrogen and oxygen atoms in total. The molecule has 0 fully saturated rings. The lowest BCUT2D eigenvalue weighted by Gasteiger charge is -2.02. The summed E-state index contributed by atoms with van der Waals surface area (Å²) < 4.78 is 0. The topological polar surface area (TPSA) is 52.1 Å². The zero-order chi connectivity index (χ0) is 13.5. The van der Waals surface area contributed by atoms with Crippen LogP contribution in [0.2, 0.25) is 0 Å². The molecule has 0 spiro atoms. The average molecular weight is 271 g/mol. The molecule has 2 heteroatoms. The van der Waals surface area contributed by atoms with Crippen molar-refractivity contribution in [1.82, 2.24) is 6.15 Å². The lowest BCUT2D eigenvalue weighted by atomic mass is 10.0. The fraction of sp³-hybridized carbons (Fsp3) is 0.941. The molecule has 0 saturated carbocycles. The van der Waals surface area contributed by atoms with Gasteiger partial charge in [0, 0.05) is 12.8 Å². The van der Waals surface area contributed by atoms with Crippen molar-refractivity contribution in [3.8, 4) is 0 Å². The van der Waals surface area contributed by atoms with Gasteiger partial charge in [-0.3, -0.25) is 4.79 Å². The van der Waals surface area contributed by atoms with Gasteiger partial charge in [0.15, 0.2) is 0 Å². The normalized spacial score (nSPS) is 10.2. The van der Waals surface area contributed by atoms with Gasteiger partial charge in [0.05, 0.1) is 0 Å². The Balaban J connectivity index is 0. The van der Waals surface area contributed by atoms with Crippen molar-refractivity contribution in [3.63, 3.8) is 0 Å². The molecular weight excluding hydrogens is 234 g/mol. The molecule has 0 unspecified atom stereocenters. The number of ketones is 1. The van der Waals surface area contributed by atoms with Gasteiger partial charge in [0.1, 0.15) is 5.78 Å². The van der Waals surface area contributed by atoms with Gasteiger partial charge in [-0.1, -0.05) is 78.1 Å². The first kappa shape index (κ1) is 20.9. The fourth-order valence-electron chi connectivity index (χ4n) is 2.39. The first-order valence-electron chi connectivity index (χ1n) is 8.33. The predicted octanol–water partition coefficient (Wildman–Crippen LogP) is 6.22. The summed E-state index contributed by atoms with van der Waals surface area (Å²) in [5.74, 6) is 0.466. The summed E-state index contributed by atoms with van der Waals surface area (Å²) in [4.78, 5) is 11.3. The van der Waals surface area contributed by atoms with E-state index in [4.69, 9.17) is 0 Å². The van der Waals surface area contributed by atoms with E-state index in [-0.39, 0.29) is 6.15 Å². The van der Waals surface area contributed by atoms with Crippen LogP contribution in [0, 0.1) is 0 Å². The zero-order valence-electron chi connectivity index (χ0n) is 13.5. The molecule has 0 aliphatic carbocycles. The van der Waals surface area contributed by atoms with Crippen LogP contribution in [0.5, 0.6) is 0 Å². The summed E-state index contributed by atoms with van der Waals surface area (Å²) in [6, 6.07) is 0. The third-order valence-corrected chi connectivity index (χ3v) is 3.59. The lowest BCUT2D eigenvalue weighted by molar-refractivity contribution is -0.119. The molecular formula is C17H37NO. The predicted molar refractivity (Wildman–Crippen MR) is 86.0 cm³/mol. The fourth-order valence-corrected chi connectivity index (χ4v) is 2.39. The Labute approximate surface area is 121 Å². The number of unbranched alkanes of at least 4 members (excludes halogenated alkanes) is 10. The van der Waals surface area contributed by atoms with Gasteiger partial charge < -0.3 is 6.15 Å². The van der Waals surface area contributed by atoms with Gasteiger partial charge in [-0.25, -0.2) is 0 Å². The zero-order valence-corrected chi connectivity index (χ0v) is 13.5. The largest absolute Gasteiger partial charge is 0.344 e. The maximum atomic E-state index is 11.3. The van der Waals surface area contributed by atoms with Crippen molar-refractivity contribution in [3.05, 3.63) is 0 Å². The summed E-state index contributed by atoms with van der Waals surface area (Å²) in [6.45, 7) is 4.35. The minimum Gasteiger partial charge on any atom is -0.344 e. The third kappa shape index (κ3) is 17.6. The van der Waals surface area contributed by atoms with E-state index in [1.165, 1.54) is 64.2 Å². The van der Waals surface area contributed by atoms with Gasteiger partial charge in [0.2, 0.25) is 0 Å². The van der Waals surface area contributed by atoms with E-state index in [2.05, 4.69) is 13.8 Å². The molecule has 116 valence electrons. The van der Waals surface area contributed by atoms with Crippen molar-refractivity contribution in [2.75, 3.05) is 0 Å². The Morgan fingerprint density at radius 2 is 1.00 bits per heavy atom. The number of hydrogen-bond acceptors (Lipinski definition) is 2. The van der Waals surface area contributed by atoms with Crippen LogP contribution in [0.15, 0.2) is 0 Å². The molecule has 0 heterocycles. The maximum absolute atomic E-state index is 11.3. The summed E-state index contributed by atoms with van der Waals surface area (Å²) in [5.41, 5.74) is 0. The van der Waals surface area contributed by atoms with Gasteiger partial charge >= 0.3 is 0 Å². The Hall–Kier alpha value is -0.370. The van der Waals surface area contributed by atoms with Gasteiger partial charge in [-0.2, -0.15) is 0 Å². The van der Waals surface area contributed by atoms with Crippen LogP contribution in [0.4, 0.5) is 0 Å². The minimum absolute atomic E-state index is 0. The molecule has 0 radical (unpaired) electrons. The molecule has 0 atom stereocenters. The smallest absolute Gasteiger partial charge is 0.132 e. The summed E-state index contributed by atoms with van der Waals surface area (Å²) in [5, 5.41) is 0. The van der Waals surface area contributed by atoms with Crippen LogP contribution in [-0.2, 0) is 4.79 Å². The van der Waals surface area contributed by atoms with Crippen LogP contribution in [-0.4, -0.2) is 5.78 Å². The second-order valence-electron chi connectivity index (χ2n) is 5.57. The van der Waals surface area contributed by atoms with Crippen LogP contribution in [0.25, 0.3) is 0 Å². The van der Waals surface area contributed by atoms with E-state index in [0.29, 0.717) is 5.78 Å². The molecule has 0 aromatic rings. The van der Waals surface area contributed by atoms with E-state index >= 15 is 0 Å². The van der Waals surface area contributed by atoms with E-state index in [9.17, 15) is 4.79 Å². The highest BCUT2D eigenvalue weighted by molar-refractivity contribution is 5.78. The Kier molecular flexibility index (Phi) is 19.4. The number of Topliss-reactive ketones (excluding diaryl/α,β-unsaturated/α-hetero) is 1. The highest BCUT2D eigenvalue weighted by atomic mass is 16.1. The summed E-state index contributed by atoms with van der Waals surface area (Å²) in [7, 11) is 0. The second kappa shape index (κ2) is 17.6. The first-order chi connectivity index (χ1) is 8.81. The van der Waals surface area contributed by atoms with Crippen LogP contribution >= 0.6 is 0 Å². The molecule has 0 bridgehead atoms. The number of carbonyl (C=O) groups excluding carboxylic acids is 1. The van der Waals surface area contributed by atoms with Crippen LogP contribution in [0.1, 0.15) is 104 Å². The standard InChI is InChI=1S/C17H34O.H3N/c1-3-5-6-7-8-9-10-11-12-13-14-16-17(18)15-4-2;/h3-16H2,1-2H3;1H3. The molecule has 0 saturated heterocycles. The molecule has 3 N–H and O–H groups in total. The highest BCUT2D eigenvalue weighted by Gasteiger charge is 1.99. The first-order valence-corrected chi connectivity index (χ1v) is 8.33. The molecule has 0 aromatic carbocycles. The maximum Gasteiger partial charge on any atom is 0.132 e. The summed E-state index contributed by atoms with van der Waals surface area (Å²) in [6.07, 6.45) is 17.5. The summed E-state index contributed by atoms with van der Waals surface area (Å²) >= 11 is 0. The minimum atomic E-state index is 0. The SMILES string of the molecule is CCCCCCCCCCCCCC(=O)CCC.N.